The van der Waals surface area contributed by atoms with E-state index in [4.69, 9.17) is 22.7 Å². The number of ether oxygens (including phenoxy) is 1. The minimum Gasteiger partial charge on any atom is -0.465 e. The third-order valence-electron chi connectivity index (χ3n) is 2.93. The summed E-state index contributed by atoms with van der Waals surface area (Å²) in [5.74, 6) is -1.00. The zero-order valence-corrected chi connectivity index (χ0v) is 14.1. The number of hydrogen-bond acceptors (Lipinski definition) is 5. The number of hydrogen-bond donors (Lipinski definition) is 3. The van der Waals surface area contributed by atoms with Crippen LogP contribution in [0.15, 0.2) is 30.3 Å². The summed E-state index contributed by atoms with van der Waals surface area (Å²) in [6.07, 6.45) is 0. The van der Waals surface area contributed by atoms with Crippen LogP contribution in [0.5, 0.6) is 0 Å². The quantitative estimate of drug-likeness (QED) is 0.580. The van der Waals surface area contributed by atoms with Crippen LogP contribution in [-0.2, 0) is 4.74 Å². The van der Waals surface area contributed by atoms with Gasteiger partial charge in [0, 0.05) is 4.88 Å². The molecule has 0 bridgehead atoms. The number of anilines is 2. The van der Waals surface area contributed by atoms with Crippen LogP contribution in [0.3, 0.4) is 0 Å². The summed E-state index contributed by atoms with van der Waals surface area (Å²) in [6, 6.07) is 8.47. The molecule has 4 N–H and O–H groups in total. The summed E-state index contributed by atoms with van der Waals surface area (Å²) < 4.78 is 4.74. The van der Waals surface area contributed by atoms with E-state index in [0.29, 0.717) is 21.8 Å². The lowest BCUT2D eigenvalue weighted by molar-refractivity contribution is 0.0602. The Balaban J connectivity index is 2.18. The molecule has 0 fully saturated rings. The fraction of sp³-hybridized carbons (Fsp3) is 0.133. The number of rotatable bonds is 4. The van der Waals surface area contributed by atoms with Crippen molar-refractivity contribution in [1.29, 1.82) is 0 Å². The molecule has 1 aromatic heterocycles. The van der Waals surface area contributed by atoms with Crippen LogP contribution >= 0.6 is 23.6 Å². The maximum absolute atomic E-state index is 11.8. The van der Waals surface area contributed by atoms with Gasteiger partial charge >= 0.3 is 5.97 Å². The predicted molar refractivity (Wildman–Crippen MR) is 95.2 cm³/mol. The normalized spacial score (nSPS) is 10.0. The first-order chi connectivity index (χ1) is 10.9. The van der Waals surface area contributed by atoms with Gasteiger partial charge < -0.3 is 21.1 Å². The molecule has 120 valence electrons. The lowest BCUT2D eigenvalue weighted by Gasteiger charge is -2.12. The van der Waals surface area contributed by atoms with E-state index >= 15 is 0 Å². The molecule has 23 heavy (non-hydrogen) atoms. The number of carbonyl (C=O) groups is 2. The number of amides is 1. The smallest absolute Gasteiger partial charge is 0.340 e. The maximum Gasteiger partial charge on any atom is 0.340 e. The number of esters is 1. The number of primary amides is 1. The highest BCUT2D eigenvalue weighted by molar-refractivity contribution is 7.80. The summed E-state index contributed by atoms with van der Waals surface area (Å²) in [5, 5.41) is 6.67. The zero-order chi connectivity index (χ0) is 17.0. The van der Waals surface area contributed by atoms with Crippen molar-refractivity contribution in [3.8, 4) is 0 Å². The molecule has 0 aliphatic carbocycles. The van der Waals surface area contributed by atoms with Crippen LogP contribution in [0.1, 0.15) is 25.6 Å². The highest BCUT2D eigenvalue weighted by Gasteiger charge is 2.17. The van der Waals surface area contributed by atoms with Crippen LogP contribution in [0.2, 0.25) is 0 Å². The Bertz CT molecular complexity index is 771. The van der Waals surface area contributed by atoms with Crippen LogP contribution in [0, 0.1) is 6.92 Å². The van der Waals surface area contributed by atoms with Gasteiger partial charge in [-0.05, 0) is 37.3 Å². The van der Waals surface area contributed by atoms with E-state index in [1.54, 1.807) is 30.3 Å². The Morgan fingerprint density at radius 2 is 1.91 bits per heavy atom. The lowest BCUT2D eigenvalue weighted by atomic mass is 10.1. The SMILES string of the molecule is COC(=O)c1cc(C)sc1NC(=S)Nc1ccccc1C(N)=O. The Kier molecular flexibility index (Phi) is 5.30. The number of aryl methyl sites for hydroxylation is 1. The molecular formula is C15H15N3O3S2. The van der Waals surface area contributed by atoms with Gasteiger partial charge in [-0.1, -0.05) is 12.1 Å². The molecule has 0 radical (unpaired) electrons. The summed E-state index contributed by atoms with van der Waals surface area (Å²) in [4.78, 5) is 24.1. The van der Waals surface area contributed by atoms with E-state index in [-0.39, 0.29) is 5.11 Å². The number of thiophene rings is 1. The van der Waals surface area contributed by atoms with E-state index in [0.717, 1.165) is 4.88 Å². The molecule has 8 heteroatoms. The standard InChI is InChI=1S/C15H15N3O3S2/c1-8-7-10(14(20)21-2)13(23-8)18-15(22)17-11-6-4-3-5-9(11)12(16)19/h3-7H,1-2H3,(H2,16,19)(H2,17,18,22). The highest BCUT2D eigenvalue weighted by Crippen LogP contribution is 2.28. The van der Waals surface area contributed by atoms with E-state index in [1.807, 2.05) is 6.92 Å². The number of nitrogens with one attached hydrogen (secondary N) is 2. The van der Waals surface area contributed by atoms with Gasteiger partial charge in [-0.2, -0.15) is 0 Å². The summed E-state index contributed by atoms with van der Waals surface area (Å²) in [7, 11) is 1.32. The van der Waals surface area contributed by atoms with Crippen LogP contribution < -0.4 is 16.4 Å². The van der Waals surface area contributed by atoms with Crippen molar-refractivity contribution in [3.05, 3.63) is 46.3 Å². The van der Waals surface area contributed by atoms with E-state index in [2.05, 4.69) is 10.6 Å². The molecule has 1 amide bonds. The molecule has 6 nitrogen and oxygen atoms in total. The Labute approximate surface area is 142 Å². The molecule has 1 heterocycles. The predicted octanol–water partition coefficient (Wildman–Crippen LogP) is 2.75. The zero-order valence-electron chi connectivity index (χ0n) is 12.5. The fourth-order valence-electron chi connectivity index (χ4n) is 1.93. The minimum atomic E-state index is -0.557. The molecule has 0 saturated heterocycles. The lowest BCUT2D eigenvalue weighted by Crippen LogP contribution is -2.22. The molecule has 0 atom stereocenters. The third kappa shape index (κ3) is 4.05. The van der Waals surface area contributed by atoms with Crippen molar-refractivity contribution in [2.24, 2.45) is 5.73 Å². The van der Waals surface area contributed by atoms with Crippen molar-refractivity contribution in [2.75, 3.05) is 17.7 Å². The first-order valence-electron chi connectivity index (χ1n) is 6.58. The summed E-state index contributed by atoms with van der Waals surface area (Å²) in [6.45, 7) is 1.88. The average Bonchev–Trinajstić information content (AvgIpc) is 2.87. The maximum atomic E-state index is 11.8. The summed E-state index contributed by atoms with van der Waals surface area (Å²) in [5.41, 5.74) is 6.55. The number of carbonyl (C=O) groups excluding carboxylic acids is 2. The van der Waals surface area contributed by atoms with Crippen molar-refractivity contribution in [1.82, 2.24) is 0 Å². The molecule has 1 aromatic carbocycles. The molecule has 0 aliphatic rings. The Hall–Kier alpha value is -2.45. The van der Waals surface area contributed by atoms with Crippen molar-refractivity contribution < 1.29 is 14.3 Å². The van der Waals surface area contributed by atoms with Gasteiger partial charge in [0.2, 0.25) is 0 Å². The van der Waals surface area contributed by atoms with Gasteiger partial charge in [-0.25, -0.2) is 4.79 Å². The minimum absolute atomic E-state index is 0.241. The molecule has 2 aromatic rings. The number of benzene rings is 1. The van der Waals surface area contributed by atoms with Gasteiger partial charge in [-0.3, -0.25) is 4.79 Å². The van der Waals surface area contributed by atoms with Crippen LogP contribution in [-0.4, -0.2) is 24.1 Å². The Morgan fingerprint density at radius 1 is 1.22 bits per heavy atom. The number of methoxy groups -OCH3 is 1. The second kappa shape index (κ2) is 7.21. The van der Waals surface area contributed by atoms with E-state index in [1.165, 1.54) is 18.4 Å². The molecule has 0 spiro atoms. The van der Waals surface area contributed by atoms with E-state index < -0.39 is 11.9 Å². The fourth-order valence-corrected chi connectivity index (χ4v) is 3.11. The second-order valence-electron chi connectivity index (χ2n) is 4.58. The van der Waals surface area contributed by atoms with Gasteiger partial charge in [0.05, 0.1) is 23.9 Å². The first-order valence-corrected chi connectivity index (χ1v) is 7.80. The number of nitrogens with two attached hydrogens (primary N) is 1. The van der Waals surface area contributed by atoms with Crippen molar-refractivity contribution in [2.45, 2.75) is 6.92 Å². The highest BCUT2D eigenvalue weighted by atomic mass is 32.1. The topological polar surface area (TPSA) is 93.4 Å². The van der Waals surface area contributed by atoms with Crippen molar-refractivity contribution >= 4 is 51.2 Å². The second-order valence-corrected chi connectivity index (χ2v) is 6.24. The van der Waals surface area contributed by atoms with Crippen molar-refractivity contribution in [3.63, 3.8) is 0 Å². The average molecular weight is 349 g/mol. The molecule has 2 rings (SSSR count). The third-order valence-corrected chi connectivity index (χ3v) is 4.10. The monoisotopic (exact) mass is 349 g/mol. The molecule has 0 saturated carbocycles. The molecule has 0 aliphatic heterocycles. The molecular weight excluding hydrogens is 334 g/mol. The van der Waals surface area contributed by atoms with Gasteiger partial charge in [0.1, 0.15) is 5.00 Å². The van der Waals surface area contributed by atoms with E-state index in [9.17, 15) is 9.59 Å². The molecule has 0 unspecified atom stereocenters. The summed E-state index contributed by atoms with van der Waals surface area (Å²) >= 11 is 6.61. The number of para-hydroxylation sites is 1. The number of thiocarbonyl (C=S) groups is 1. The van der Waals surface area contributed by atoms with Crippen LogP contribution in [0.4, 0.5) is 10.7 Å². The largest absolute Gasteiger partial charge is 0.465 e. The van der Waals surface area contributed by atoms with Gasteiger partial charge in [0.25, 0.3) is 5.91 Å². The van der Waals surface area contributed by atoms with Gasteiger partial charge in [-0.15, -0.1) is 11.3 Å². The van der Waals surface area contributed by atoms with Gasteiger partial charge in [0.15, 0.2) is 5.11 Å². The van der Waals surface area contributed by atoms with Crippen LogP contribution in [0.25, 0.3) is 0 Å². The Morgan fingerprint density at radius 3 is 2.57 bits per heavy atom. The first kappa shape index (κ1) is 16.9.